The summed E-state index contributed by atoms with van der Waals surface area (Å²) in [6, 6.07) is 8.58. The lowest BCUT2D eigenvalue weighted by Gasteiger charge is -2.29. The highest BCUT2D eigenvalue weighted by atomic mass is 16.4. The number of benzene rings is 1. The standard InChI is InChI=1S/C17H26N2O2/c1-3-18-17(2,16(20)21)10-12-19-11-6-9-14-7-4-5-8-15(14)13-19/h4-5,7-8,18H,3,6,9-13H2,1-2H3,(H,20,21). The molecule has 1 aromatic carbocycles. The number of carboxylic acid groups (broad SMARTS) is 1. The molecule has 0 saturated carbocycles. The summed E-state index contributed by atoms with van der Waals surface area (Å²) >= 11 is 0. The maximum Gasteiger partial charge on any atom is 0.323 e. The molecule has 0 spiro atoms. The SMILES string of the molecule is CCNC(C)(CCN1CCCc2ccccc2C1)C(=O)O. The van der Waals surface area contributed by atoms with Gasteiger partial charge in [-0.15, -0.1) is 0 Å². The maximum absolute atomic E-state index is 11.5. The van der Waals surface area contributed by atoms with Crippen LogP contribution in [0.2, 0.25) is 0 Å². The summed E-state index contributed by atoms with van der Waals surface area (Å²) in [5, 5.41) is 12.5. The Hall–Kier alpha value is -1.39. The van der Waals surface area contributed by atoms with E-state index >= 15 is 0 Å². The highest BCUT2D eigenvalue weighted by Gasteiger charge is 2.32. The molecule has 1 aromatic rings. The quantitative estimate of drug-likeness (QED) is 0.844. The Balaban J connectivity index is 1.99. The van der Waals surface area contributed by atoms with Crippen LogP contribution in [0.5, 0.6) is 0 Å². The molecule has 0 amide bonds. The maximum atomic E-state index is 11.5. The summed E-state index contributed by atoms with van der Waals surface area (Å²) < 4.78 is 0. The van der Waals surface area contributed by atoms with E-state index in [1.165, 1.54) is 11.1 Å². The summed E-state index contributed by atoms with van der Waals surface area (Å²) in [7, 11) is 0. The van der Waals surface area contributed by atoms with Crippen LogP contribution in [0.1, 0.15) is 37.8 Å². The van der Waals surface area contributed by atoms with Gasteiger partial charge < -0.3 is 10.4 Å². The number of carbonyl (C=O) groups is 1. The Morgan fingerprint density at radius 3 is 2.76 bits per heavy atom. The van der Waals surface area contributed by atoms with Crippen LogP contribution < -0.4 is 5.32 Å². The molecule has 0 saturated heterocycles. The molecule has 116 valence electrons. The van der Waals surface area contributed by atoms with E-state index in [9.17, 15) is 9.90 Å². The number of likely N-dealkylation sites (N-methyl/N-ethyl adjacent to an activating group) is 1. The van der Waals surface area contributed by atoms with Crippen LogP contribution in [0, 0.1) is 0 Å². The minimum absolute atomic E-state index is 0.623. The second-order valence-electron chi connectivity index (χ2n) is 6.07. The molecule has 0 aliphatic carbocycles. The monoisotopic (exact) mass is 290 g/mol. The number of hydrogen-bond donors (Lipinski definition) is 2. The van der Waals surface area contributed by atoms with Gasteiger partial charge in [0.1, 0.15) is 5.54 Å². The predicted molar refractivity (Wildman–Crippen MR) is 84.4 cm³/mol. The van der Waals surface area contributed by atoms with Crippen LogP contribution in [0.25, 0.3) is 0 Å². The van der Waals surface area contributed by atoms with E-state index in [4.69, 9.17) is 0 Å². The van der Waals surface area contributed by atoms with Crippen LogP contribution in [0.15, 0.2) is 24.3 Å². The average Bonchev–Trinajstić information content (AvgIpc) is 2.67. The van der Waals surface area contributed by atoms with Gasteiger partial charge in [0, 0.05) is 13.1 Å². The lowest BCUT2D eigenvalue weighted by Crippen LogP contribution is -2.51. The molecule has 2 rings (SSSR count). The largest absolute Gasteiger partial charge is 0.480 e. The second-order valence-corrected chi connectivity index (χ2v) is 6.07. The fraction of sp³-hybridized carbons (Fsp3) is 0.588. The zero-order valence-corrected chi connectivity index (χ0v) is 13.1. The van der Waals surface area contributed by atoms with Crippen LogP contribution >= 0.6 is 0 Å². The van der Waals surface area contributed by atoms with Crippen LogP contribution in [-0.4, -0.2) is 41.1 Å². The van der Waals surface area contributed by atoms with Crippen molar-refractivity contribution < 1.29 is 9.90 Å². The summed E-state index contributed by atoms with van der Waals surface area (Å²) in [4.78, 5) is 13.8. The zero-order valence-electron chi connectivity index (χ0n) is 13.1. The van der Waals surface area contributed by atoms with Gasteiger partial charge in [0.25, 0.3) is 0 Å². The first kappa shape index (κ1) is 16.0. The number of nitrogens with zero attached hydrogens (tertiary/aromatic N) is 1. The van der Waals surface area contributed by atoms with E-state index in [-0.39, 0.29) is 0 Å². The topological polar surface area (TPSA) is 52.6 Å². The number of carboxylic acids is 1. The Kier molecular flexibility index (Phi) is 5.37. The van der Waals surface area contributed by atoms with Gasteiger partial charge in [-0.25, -0.2) is 0 Å². The minimum atomic E-state index is -0.833. The van der Waals surface area contributed by atoms with E-state index in [0.717, 1.165) is 32.5 Å². The first-order valence-electron chi connectivity index (χ1n) is 7.83. The van der Waals surface area contributed by atoms with Gasteiger partial charge in [-0.3, -0.25) is 9.69 Å². The first-order chi connectivity index (χ1) is 10.0. The van der Waals surface area contributed by atoms with Crippen molar-refractivity contribution in [3.05, 3.63) is 35.4 Å². The molecule has 0 aromatic heterocycles. The smallest absolute Gasteiger partial charge is 0.323 e. The van der Waals surface area contributed by atoms with Gasteiger partial charge >= 0.3 is 5.97 Å². The minimum Gasteiger partial charge on any atom is -0.480 e. The van der Waals surface area contributed by atoms with Crippen molar-refractivity contribution in [1.82, 2.24) is 10.2 Å². The molecule has 4 heteroatoms. The van der Waals surface area contributed by atoms with Gasteiger partial charge in [-0.2, -0.15) is 0 Å². The van der Waals surface area contributed by atoms with Crippen LogP contribution in [0.3, 0.4) is 0 Å². The third kappa shape index (κ3) is 4.05. The van der Waals surface area contributed by atoms with Crippen molar-refractivity contribution in [2.75, 3.05) is 19.6 Å². The molecule has 21 heavy (non-hydrogen) atoms. The number of aliphatic carboxylic acids is 1. The Morgan fingerprint density at radius 1 is 1.38 bits per heavy atom. The van der Waals surface area contributed by atoms with Crippen molar-refractivity contribution in [3.63, 3.8) is 0 Å². The first-order valence-corrected chi connectivity index (χ1v) is 7.83. The second kappa shape index (κ2) is 7.05. The van der Waals surface area contributed by atoms with E-state index in [2.05, 4.69) is 34.5 Å². The molecule has 2 N–H and O–H groups in total. The normalized spacial score (nSPS) is 18.6. The Labute approximate surface area is 127 Å². The van der Waals surface area contributed by atoms with Crippen molar-refractivity contribution in [2.45, 2.75) is 45.2 Å². The average molecular weight is 290 g/mol. The molecule has 0 fully saturated rings. The molecule has 4 nitrogen and oxygen atoms in total. The highest BCUT2D eigenvalue weighted by Crippen LogP contribution is 2.20. The van der Waals surface area contributed by atoms with E-state index in [1.54, 1.807) is 6.92 Å². The fourth-order valence-corrected chi connectivity index (χ4v) is 3.00. The van der Waals surface area contributed by atoms with Gasteiger partial charge in [0.05, 0.1) is 0 Å². The van der Waals surface area contributed by atoms with Gasteiger partial charge in [-0.1, -0.05) is 31.2 Å². The van der Waals surface area contributed by atoms with Gasteiger partial charge in [-0.05, 0) is 50.4 Å². The highest BCUT2D eigenvalue weighted by molar-refractivity contribution is 5.78. The Morgan fingerprint density at radius 2 is 2.10 bits per heavy atom. The molecule has 0 radical (unpaired) electrons. The number of nitrogens with one attached hydrogen (secondary N) is 1. The third-order valence-corrected chi connectivity index (χ3v) is 4.40. The van der Waals surface area contributed by atoms with Crippen molar-refractivity contribution in [3.8, 4) is 0 Å². The summed E-state index contributed by atoms with van der Waals surface area (Å²) in [5.74, 6) is -0.764. The molecular weight excluding hydrogens is 264 g/mol. The number of hydrogen-bond acceptors (Lipinski definition) is 3. The fourth-order valence-electron chi connectivity index (χ4n) is 3.00. The molecule has 1 aliphatic heterocycles. The van der Waals surface area contributed by atoms with Gasteiger partial charge in [0.15, 0.2) is 0 Å². The molecule has 0 bridgehead atoms. The molecule has 1 aliphatic rings. The lowest BCUT2D eigenvalue weighted by molar-refractivity contribution is -0.144. The predicted octanol–water partition coefficient (Wildman–Crippen LogP) is 2.28. The van der Waals surface area contributed by atoms with Crippen molar-refractivity contribution in [2.24, 2.45) is 0 Å². The molecule has 1 atom stereocenters. The summed E-state index contributed by atoms with van der Waals surface area (Å²) in [6.07, 6.45) is 2.89. The number of aryl methyl sites for hydroxylation is 1. The van der Waals surface area contributed by atoms with Crippen molar-refractivity contribution in [1.29, 1.82) is 0 Å². The Bertz CT molecular complexity index is 489. The molecular formula is C17H26N2O2. The lowest BCUT2D eigenvalue weighted by atomic mass is 9.97. The number of fused-ring (bicyclic) bond motifs is 1. The van der Waals surface area contributed by atoms with E-state index in [1.807, 2.05) is 6.92 Å². The summed E-state index contributed by atoms with van der Waals surface area (Å²) in [6.45, 7) is 7.18. The molecule has 1 heterocycles. The van der Waals surface area contributed by atoms with Crippen LogP contribution in [-0.2, 0) is 17.8 Å². The number of rotatable bonds is 6. The third-order valence-electron chi connectivity index (χ3n) is 4.40. The van der Waals surface area contributed by atoms with Crippen LogP contribution in [0.4, 0.5) is 0 Å². The molecule has 1 unspecified atom stereocenters. The van der Waals surface area contributed by atoms with Crippen molar-refractivity contribution >= 4 is 5.97 Å². The van der Waals surface area contributed by atoms with Gasteiger partial charge in [0.2, 0.25) is 0 Å². The van der Waals surface area contributed by atoms with E-state index in [0.29, 0.717) is 13.0 Å². The summed E-state index contributed by atoms with van der Waals surface area (Å²) in [5.41, 5.74) is 1.99. The van der Waals surface area contributed by atoms with E-state index < -0.39 is 11.5 Å². The zero-order chi connectivity index (χ0) is 15.3.